The van der Waals surface area contributed by atoms with Gasteiger partial charge in [0, 0.05) is 17.8 Å². The van der Waals surface area contributed by atoms with E-state index in [1.807, 2.05) is 53.4 Å². The molecule has 0 saturated heterocycles. The Hall–Kier alpha value is -2.07. The summed E-state index contributed by atoms with van der Waals surface area (Å²) in [5, 5.41) is 0. The zero-order chi connectivity index (χ0) is 16.1. The monoisotopic (exact) mass is 325 g/mol. The molecule has 3 nitrogen and oxygen atoms in total. The summed E-state index contributed by atoms with van der Waals surface area (Å²) >= 11 is 1.39. The van der Waals surface area contributed by atoms with Crippen LogP contribution in [0.25, 0.3) is 0 Å². The third kappa shape index (κ3) is 3.82. The average Bonchev–Trinajstić information content (AvgIpc) is 2.61. The Balaban J connectivity index is 1.55. The van der Waals surface area contributed by atoms with E-state index in [0.29, 0.717) is 17.1 Å². The lowest BCUT2D eigenvalue weighted by Gasteiger charge is -2.29. The van der Waals surface area contributed by atoms with Crippen LogP contribution in [-0.4, -0.2) is 29.7 Å². The van der Waals surface area contributed by atoms with E-state index in [0.717, 1.165) is 25.1 Å². The molecule has 23 heavy (non-hydrogen) atoms. The van der Waals surface area contributed by atoms with Crippen LogP contribution >= 0.6 is 11.8 Å². The Bertz CT molecular complexity index is 700. The molecule has 1 aliphatic rings. The highest BCUT2D eigenvalue weighted by molar-refractivity contribution is 8.00. The summed E-state index contributed by atoms with van der Waals surface area (Å²) in [4.78, 5) is 26.4. The summed E-state index contributed by atoms with van der Waals surface area (Å²) in [7, 11) is 0. The van der Waals surface area contributed by atoms with Crippen LogP contribution in [-0.2, 0) is 11.2 Å². The Morgan fingerprint density at radius 2 is 1.70 bits per heavy atom. The Kier molecular flexibility index (Phi) is 5.13. The molecule has 0 N–H and O–H groups in total. The normalized spacial score (nSPS) is 13.5. The quantitative estimate of drug-likeness (QED) is 0.789. The van der Waals surface area contributed by atoms with E-state index in [2.05, 4.69) is 6.07 Å². The molecule has 0 spiro atoms. The molecule has 0 atom stereocenters. The number of ketones is 1. The van der Waals surface area contributed by atoms with Crippen LogP contribution in [0, 0.1) is 0 Å². The van der Waals surface area contributed by atoms with Crippen molar-refractivity contribution in [2.45, 2.75) is 12.8 Å². The lowest BCUT2D eigenvalue weighted by atomic mass is 10.0. The van der Waals surface area contributed by atoms with Gasteiger partial charge in [-0.3, -0.25) is 9.59 Å². The number of amides is 1. The average molecular weight is 325 g/mol. The van der Waals surface area contributed by atoms with Gasteiger partial charge in [0.2, 0.25) is 5.91 Å². The largest absolute Gasteiger partial charge is 0.311 e. The summed E-state index contributed by atoms with van der Waals surface area (Å²) in [6.07, 6.45) is 2.02. The number of carbonyl (C=O) groups is 2. The Labute approximate surface area is 140 Å². The van der Waals surface area contributed by atoms with Crippen molar-refractivity contribution in [3.63, 3.8) is 0 Å². The number of fused-ring (bicyclic) bond motifs is 1. The van der Waals surface area contributed by atoms with E-state index < -0.39 is 0 Å². The van der Waals surface area contributed by atoms with Gasteiger partial charge < -0.3 is 4.90 Å². The van der Waals surface area contributed by atoms with Crippen molar-refractivity contribution in [2.75, 3.05) is 23.0 Å². The summed E-state index contributed by atoms with van der Waals surface area (Å²) in [6.45, 7) is 0.767. The van der Waals surface area contributed by atoms with E-state index >= 15 is 0 Å². The molecule has 3 rings (SSSR count). The number of aryl methyl sites for hydroxylation is 1. The van der Waals surface area contributed by atoms with Crippen molar-refractivity contribution in [1.82, 2.24) is 0 Å². The molecule has 0 bridgehead atoms. The van der Waals surface area contributed by atoms with Gasteiger partial charge in [0.25, 0.3) is 0 Å². The SMILES string of the molecule is O=C(CSCC(=O)N1CCCc2ccccc21)c1ccccc1. The maximum Gasteiger partial charge on any atom is 0.236 e. The first-order valence-electron chi connectivity index (χ1n) is 7.80. The summed E-state index contributed by atoms with van der Waals surface area (Å²) in [5.74, 6) is 0.837. The zero-order valence-corrected chi connectivity index (χ0v) is 13.7. The minimum absolute atomic E-state index is 0.0717. The van der Waals surface area contributed by atoms with Gasteiger partial charge in [-0.1, -0.05) is 48.5 Å². The molecule has 0 unspecified atom stereocenters. The van der Waals surface area contributed by atoms with Gasteiger partial charge in [0.05, 0.1) is 11.5 Å². The highest BCUT2D eigenvalue weighted by Gasteiger charge is 2.22. The van der Waals surface area contributed by atoms with Gasteiger partial charge in [-0.2, -0.15) is 0 Å². The standard InChI is InChI=1S/C19H19NO2S/c21-18(16-8-2-1-3-9-16)13-23-14-19(22)20-12-6-10-15-7-4-5-11-17(15)20/h1-5,7-9,11H,6,10,12-14H2. The van der Waals surface area contributed by atoms with E-state index in [9.17, 15) is 9.59 Å². The Morgan fingerprint density at radius 3 is 2.52 bits per heavy atom. The van der Waals surface area contributed by atoms with E-state index in [1.54, 1.807) is 0 Å². The third-order valence-electron chi connectivity index (χ3n) is 3.97. The second kappa shape index (κ2) is 7.47. The molecule has 4 heteroatoms. The van der Waals surface area contributed by atoms with Crippen LogP contribution < -0.4 is 4.90 Å². The number of Topliss-reactive ketones (excluding diaryl/α,β-unsaturated/α-hetero) is 1. The van der Waals surface area contributed by atoms with Crippen LogP contribution in [0.5, 0.6) is 0 Å². The van der Waals surface area contributed by atoms with E-state index in [4.69, 9.17) is 0 Å². The second-order valence-electron chi connectivity index (χ2n) is 5.56. The maximum atomic E-state index is 12.5. The fourth-order valence-corrected chi connectivity index (χ4v) is 3.59. The van der Waals surface area contributed by atoms with Gasteiger partial charge in [0.1, 0.15) is 0 Å². The molecule has 0 radical (unpaired) electrons. The first-order chi connectivity index (χ1) is 11.3. The van der Waals surface area contributed by atoms with Crippen molar-refractivity contribution in [3.05, 3.63) is 65.7 Å². The highest BCUT2D eigenvalue weighted by Crippen LogP contribution is 2.27. The van der Waals surface area contributed by atoms with Crippen LogP contribution in [0.3, 0.4) is 0 Å². The van der Waals surface area contributed by atoms with Crippen LogP contribution in [0.2, 0.25) is 0 Å². The molecular formula is C19H19NO2S. The molecule has 1 heterocycles. The minimum atomic E-state index is 0.0717. The molecule has 0 aliphatic carbocycles. The van der Waals surface area contributed by atoms with E-state index in [-0.39, 0.29) is 11.7 Å². The second-order valence-corrected chi connectivity index (χ2v) is 6.55. The van der Waals surface area contributed by atoms with Gasteiger partial charge in [0.15, 0.2) is 5.78 Å². The maximum absolute atomic E-state index is 12.5. The first-order valence-corrected chi connectivity index (χ1v) is 8.95. The fraction of sp³-hybridized carbons (Fsp3) is 0.263. The number of thioether (sulfide) groups is 1. The lowest BCUT2D eigenvalue weighted by Crippen LogP contribution is -2.36. The van der Waals surface area contributed by atoms with Crippen molar-refractivity contribution >= 4 is 29.1 Å². The zero-order valence-electron chi connectivity index (χ0n) is 12.9. The molecule has 1 aliphatic heterocycles. The van der Waals surface area contributed by atoms with Crippen LogP contribution in [0.4, 0.5) is 5.69 Å². The Morgan fingerprint density at radius 1 is 0.957 bits per heavy atom. The molecule has 118 valence electrons. The molecule has 2 aromatic carbocycles. The molecular weight excluding hydrogens is 306 g/mol. The summed E-state index contributed by atoms with van der Waals surface area (Å²) in [5.41, 5.74) is 2.96. The first kappa shape index (κ1) is 15.8. The number of hydrogen-bond donors (Lipinski definition) is 0. The number of nitrogens with zero attached hydrogens (tertiary/aromatic N) is 1. The number of carbonyl (C=O) groups excluding carboxylic acids is 2. The van der Waals surface area contributed by atoms with Crippen LogP contribution in [0.1, 0.15) is 22.3 Å². The van der Waals surface area contributed by atoms with E-state index in [1.165, 1.54) is 17.3 Å². The topological polar surface area (TPSA) is 37.4 Å². The van der Waals surface area contributed by atoms with Crippen molar-refractivity contribution in [2.24, 2.45) is 0 Å². The molecule has 2 aromatic rings. The number of para-hydroxylation sites is 1. The highest BCUT2D eigenvalue weighted by atomic mass is 32.2. The number of benzene rings is 2. The smallest absolute Gasteiger partial charge is 0.236 e. The molecule has 0 saturated carbocycles. The third-order valence-corrected chi connectivity index (χ3v) is 4.88. The predicted octanol–water partition coefficient (Wildman–Crippen LogP) is 3.58. The van der Waals surface area contributed by atoms with Gasteiger partial charge >= 0.3 is 0 Å². The number of rotatable bonds is 5. The summed E-state index contributed by atoms with van der Waals surface area (Å²) in [6, 6.07) is 17.3. The number of hydrogen-bond acceptors (Lipinski definition) is 3. The summed E-state index contributed by atoms with van der Waals surface area (Å²) < 4.78 is 0. The molecule has 1 amide bonds. The van der Waals surface area contributed by atoms with Crippen LogP contribution in [0.15, 0.2) is 54.6 Å². The van der Waals surface area contributed by atoms with Crippen molar-refractivity contribution in [1.29, 1.82) is 0 Å². The molecule has 0 aromatic heterocycles. The van der Waals surface area contributed by atoms with Gasteiger partial charge in [-0.05, 0) is 24.5 Å². The van der Waals surface area contributed by atoms with Crippen molar-refractivity contribution in [3.8, 4) is 0 Å². The van der Waals surface area contributed by atoms with Gasteiger partial charge in [-0.25, -0.2) is 0 Å². The lowest BCUT2D eigenvalue weighted by molar-refractivity contribution is -0.116. The minimum Gasteiger partial charge on any atom is -0.311 e. The van der Waals surface area contributed by atoms with Gasteiger partial charge in [-0.15, -0.1) is 11.8 Å². The number of anilines is 1. The molecule has 0 fully saturated rings. The predicted molar refractivity (Wildman–Crippen MR) is 95.2 cm³/mol. The van der Waals surface area contributed by atoms with Crippen molar-refractivity contribution < 1.29 is 9.59 Å². The fourth-order valence-electron chi connectivity index (χ4n) is 2.81.